The summed E-state index contributed by atoms with van der Waals surface area (Å²) in [5.41, 5.74) is 1.41. The van der Waals surface area contributed by atoms with Crippen LogP contribution in [-0.2, 0) is 10.0 Å². The van der Waals surface area contributed by atoms with Gasteiger partial charge in [-0.2, -0.15) is 4.31 Å². The summed E-state index contributed by atoms with van der Waals surface area (Å²) in [6.45, 7) is 3.86. The van der Waals surface area contributed by atoms with Gasteiger partial charge in [0.15, 0.2) is 11.5 Å². The van der Waals surface area contributed by atoms with Gasteiger partial charge in [0, 0.05) is 26.2 Å². The lowest BCUT2D eigenvalue weighted by Gasteiger charge is -2.34. The summed E-state index contributed by atoms with van der Waals surface area (Å²) in [7, 11) is -3.10. The van der Waals surface area contributed by atoms with Crippen LogP contribution in [0.5, 0.6) is 0 Å². The van der Waals surface area contributed by atoms with Crippen molar-refractivity contribution in [2.75, 3.05) is 36.8 Å². The SMILES string of the molecule is CCS(=O)(=O)N1CCN(c2ncnc3nc[nH]c23)CC1. The normalized spacial score (nSPS) is 17.8. The smallest absolute Gasteiger partial charge is 0.213 e. The van der Waals surface area contributed by atoms with E-state index < -0.39 is 10.0 Å². The minimum atomic E-state index is -3.10. The molecule has 0 atom stereocenters. The van der Waals surface area contributed by atoms with E-state index in [0.29, 0.717) is 31.8 Å². The monoisotopic (exact) mass is 296 g/mol. The molecule has 1 saturated heterocycles. The Hall–Kier alpha value is -1.74. The molecule has 1 aliphatic heterocycles. The van der Waals surface area contributed by atoms with Gasteiger partial charge >= 0.3 is 0 Å². The molecule has 20 heavy (non-hydrogen) atoms. The molecule has 1 aliphatic rings. The second kappa shape index (κ2) is 4.98. The van der Waals surface area contributed by atoms with E-state index in [0.717, 1.165) is 11.3 Å². The summed E-state index contributed by atoms with van der Waals surface area (Å²) >= 11 is 0. The highest BCUT2D eigenvalue weighted by Gasteiger charge is 2.26. The molecular formula is C11H16N6O2S. The second-order valence-electron chi connectivity index (χ2n) is 4.59. The minimum Gasteiger partial charge on any atom is -0.352 e. The Kier molecular flexibility index (Phi) is 3.30. The first kappa shape index (κ1) is 13.3. The third kappa shape index (κ3) is 2.22. The summed E-state index contributed by atoms with van der Waals surface area (Å²) in [5, 5.41) is 0. The number of nitrogens with one attached hydrogen (secondary N) is 1. The summed E-state index contributed by atoms with van der Waals surface area (Å²) in [6.07, 6.45) is 3.06. The van der Waals surface area contributed by atoms with E-state index >= 15 is 0 Å². The maximum absolute atomic E-state index is 11.8. The molecule has 9 heteroatoms. The van der Waals surface area contributed by atoms with Gasteiger partial charge in [-0.1, -0.05) is 0 Å². The third-order valence-electron chi connectivity index (χ3n) is 3.50. The van der Waals surface area contributed by atoms with Crippen molar-refractivity contribution in [3.05, 3.63) is 12.7 Å². The lowest BCUT2D eigenvalue weighted by atomic mass is 10.3. The van der Waals surface area contributed by atoms with Crippen LogP contribution in [0.1, 0.15) is 6.92 Å². The zero-order chi connectivity index (χ0) is 14.2. The van der Waals surface area contributed by atoms with E-state index in [2.05, 4.69) is 24.8 Å². The maximum atomic E-state index is 11.8. The van der Waals surface area contributed by atoms with Gasteiger partial charge in [0.05, 0.1) is 12.1 Å². The molecule has 0 unspecified atom stereocenters. The first-order valence-corrected chi connectivity index (χ1v) is 8.09. The number of H-pyrrole nitrogens is 1. The number of sulfonamides is 1. The number of aromatic nitrogens is 4. The van der Waals surface area contributed by atoms with Crippen LogP contribution in [0.3, 0.4) is 0 Å². The van der Waals surface area contributed by atoms with Gasteiger partial charge in [0.1, 0.15) is 11.8 Å². The van der Waals surface area contributed by atoms with Crippen molar-refractivity contribution in [1.82, 2.24) is 24.2 Å². The summed E-state index contributed by atoms with van der Waals surface area (Å²) < 4.78 is 25.2. The van der Waals surface area contributed by atoms with Crippen molar-refractivity contribution in [3.63, 3.8) is 0 Å². The van der Waals surface area contributed by atoms with E-state index in [4.69, 9.17) is 0 Å². The first-order valence-electron chi connectivity index (χ1n) is 6.48. The van der Waals surface area contributed by atoms with Gasteiger partial charge in [0.25, 0.3) is 0 Å². The zero-order valence-corrected chi connectivity index (χ0v) is 12.0. The number of rotatable bonds is 3. The molecule has 1 N–H and O–H groups in total. The van der Waals surface area contributed by atoms with E-state index in [1.165, 1.54) is 10.6 Å². The lowest BCUT2D eigenvalue weighted by molar-refractivity contribution is 0.385. The number of hydrogen-bond acceptors (Lipinski definition) is 6. The molecule has 0 radical (unpaired) electrons. The summed E-state index contributed by atoms with van der Waals surface area (Å²) in [6, 6.07) is 0. The zero-order valence-electron chi connectivity index (χ0n) is 11.2. The van der Waals surface area contributed by atoms with Crippen LogP contribution in [0.25, 0.3) is 11.2 Å². The molecule has 0 spiro atoms. The molecule has 1 fully saturated rings. The average molecular weight is 296 g/mol. The number of fused-ring (bicyclic) bond motifs is 1. The van der Waals surface area contributed by atoms with Crippen molar-refractivity contribution in [1.29, 1.82) is 0 Å². The van der Waals surface area contributed by atoms with Gasteiger partial charge < -0.3 is 9.88 Å². The van der Waals surface area contributed by atoms with Crippen LogP contribution in [0.4, 0.5) is 5.82 Å². The van der Waals surface area contributed by atoms with Crippen molar-refractivity contribution >= 4 is 27.0 Å². The molecule has 108 valence electrons. The van der Waals surface area contributed by atoms with Gasteiger partial charge in [-0.25, -0.2) is 23.4 Å². The molecule has 2 aromatic rings. The Labute approximate surface area is 116 Å². The number of imidazole rings is 1. The van der Waals surface area contributed by atoms with Crippen LogP contribution in [0.15, 0.2) is 12.7 Å². The molecule has 8 nitrogen and oxygen atoms in total. The number of hydrogen-bond donors (Lipinski definition) is 1. The predicted octanol–water partition coefficient (Wildman–Crippen LogP) is -0.175. The van der Waals surface area contributed by atoms with Gasteiger partial charge in [-0.3, -0.25) is 0 Å². The van der Waals surface area contributed by atoms with Crippen molar-refractivity contribution in [2.24, 2.45) is 0 Å². The van der Waals surface area contributed by atoms with Gasteiger partial charge in [0.2, 0.25) is 10.0 Å². The van der Waals surface area contributed by atoms with Crippen molar-refractivity contribution in [3.8, 4) is 0 Å². The highest BCUT2D eigenvalue weighted by Crippen LogP contribution is 2.21. The molecule has 3 rings (SSSR count). The molecule has 2 aromatic heterocycles. The van der Waals surface area contributed by atoms with E-state index in [9.17, 15) is 8.42 Å². The largest absolute Gasteiger partial charge is 0.352 e. The molecular weight excluding hydrogens is 280 g/mol. The van der Waals surface area contributed by atoms with Crippen LogP contribution in [0.2, 0.25) is 0 Å². The predicted molar refractivity (Wildman–Crippen MR) is 74.9 cm³/mol. The molecule has 0 aromatic carbocycles. The van der Waals surface area contributed by atoms with Crippen LogP contribution in [-0.4, -0.2) is 64.6 Å². The van der Waals surface area contributed by atoms with Crippen molar-refractivity contribution < 1.29 is 8.42 Å². The van der Waals surface area contributed by atoms with Crippen molar-refractivity contribution in [2.45, 2.75) is 6.92 Å². The second-order valence-corrected chi connectivity index (χ2v) is 6.84. The summed E-state index contributed by atoms with van der Waals surface area (Å²) in [5.74, 6) is 0.923. The van der Waals surface area contributed by atoms with E-state index in [-0.39, 0.29) is 5.75 Å². The Morgan fingerprint density at radius 3 is 2.65 bits per heavy atom. The standard InChI is InChI=1S/C11H16N6O2S/c1-2-20(18,19)17-5-3-16(4-6-17)11-9-10(13-7-12-9)14-8-15-11/h7-8H,2-6H2,1H3,(H,12,13,14,15). The highest BCUT2D eigenvalue weighted by atomic mass is 32.2. The Balaban J connectivity index is 1.80. The molecule has 0 amide bonds. The average Bonchev–Trinajstić information content (AvgIpc) is 2.95. The molecule has 0 saturated carbocycles. The quantitative estimate of drug-likeness (QED) is 0.844. The van der Waals surface area contributed by atoms with Crippen LogP contribution < -0.4 is 4.90 Å². The highest BCUT2D eigenvalue weighted by molar-refractivity contribution is 7.89. The lowest BCUT2D eigenvalue weighted by Crippen LogP contribution is -2.49. The maximum Gasteiger partial charge on any atom is 0.213 e. The van der Waals surface area contributed by atoms with E-state index in [1.54, 1.807) is 13.3 Å². The van der Waals surface area contributed by atoms with Crippen LogP contribution in [0, 0.1) is 0 Å². The molecule has 3 heterocycles. The number of anilines is 1. The van der Waals surface area contributed by atoms with Gasteiger partial charge in [-0.15, -0.1) is 0 Å². The Morgan fingerprint density at radius 1 is 1.20 bits per heavy atom. The first-order chi connectivity index (χ1) is 9.62. The fourth-order valence-corrected chi connectivity index (χ4v) is 3.44. The molecule has 0 aliphatic carbocycles. The minimum absolute atomic E-state index is 0.144. The Bertz CT molecular complexity index is 705. The Morgan fingerprint density at radius 2 is 1.95 bits per heavy atom. The van der Waals surface area contributed by atoms with Gasteiger partial charge in [-0.05, 0) is 6.92 Å². The summed E-state index contributed by atoms with van der Waals surface area (Å²) in [4.78, 5) is 17.6. The van der Waals surface area contributed by atoms with Crippen LogP contribution >= 0.6 is 0 Å². The topological polar surface area (TPSA) is 95.1 Å². The molecule has 0 bridgehead atoms. The number of piperazine rings is 1. The number of nitrogens with zero attached hydrogens (tertiary/aromatic N) is 5. The number of aromatic amines is 1. The fraction of sp³-hybridized carbons (Fsp3) is 0.545. The third-order valence-corrected chi connectivity index (χ3v) is 5.38. The van der Waals surface area contributed by atoms with E-state index in [1.807, 2.05) is 0 Å². The fourth-order valence-electron chi connectivity index (χ4n) is 2.35.